The van der Waals surface area contributed by atoms with Gasteiger partial charge < -0.3 is 14.6 Å². The number of hydrogen-bond donors (Lipinski definition) is 1. The summed E-state index contributed by atoms with van der Waals surface area (Å²) in [6.07, 6.45) is 1.47. The second-order valence-electron chi connectivity index (χ2n) is 10.1. The van der Waals surface area contributed by atoms with Gasteiger partial charge in [-0.05, 0) is 82.3 Å². The van der Waals surface area contributed by atoms with Crippen LogP contribution in [-0.2, 0) is 20.0 Å². The molecule has 1 atom stereocenters. The summed E-state index contributed by atoms with van der Waals surface area (Å²) in [5.74, 6) is 0.767. The molecule has 0 bridgehead atoms. The topological polar surface area (TPSA) is 61.1 Å². The number of rotatable bonds is 6. The lowest BCUT2D eigenvalue weighted by Crippen LogP contribution is -2.42. The van der Waals surface area contributed by atoms with E-state index in [-0.39, 0.29) is 11.9 Å². The van der Waals surface area contributed by atoms with E-state index in [2.05, 4.69) is 21.9 Å². The maximum absolute atomic E-state index is 13.3. The molecular formula is C29H32Cl2N4O2. The Labute approximate surface area is 227 Å². The molecule has 6 nitrogen and oxygen atoms in total. The SMILES string of the molecule is Cc1cc(OCCCc2c3n(c4c(-c5c(C)nn(C)c5C)c(Cl)ccc24)C[C@H](C)NC3=O)cc(C)c1Cl. The third-order valence-electron chi connectivity index (χ3n) is 7.34. The Kier molecular flexibility index (Phi) is 6.75. The van der Waals surface area contributed by atoms with Crippen molar-refractivity contribution >= 4 is 40.0 Å². The number of nitrogens with zero attached hydrogens (tertiary/aromatic N) is 3. The average Bonchev–Trinajstić information content (AvgIpc) is 3.28. The number of ether oxygens (including phenoxy) is 1. The van der Waals surface area contributed by atoms with Crippen molar-refractivity contribution in [2.75, 3.05) is 6.61 Å². The summed E-state index contributed by atoms with van der Waals surface area (Å²) >= 11 is 13.2. The zero-order chi connectivity index (χ0) is 26.6. The first-order chi connectivity index (χ1) is 17.6. The predicted octanol–water partition coefficient (Wildman–Crippen LogP) is 6.73. The zero-order valence-electron chi connectivity index (χ0n) is 22.1. The Morgan fingerprint density at radius 3 is 2.46 bits per heavy atom. The van der Waals surface area contributed by atoms with E-state index < -0.39 is 0 Å². The molecule has 0 unspecified atom stereocenters. The quantitative estimate of drug-likeness (QED) is 0.277. The highest BCUT2D eigenvalue weighted by Gasteiger charge is 2.31. The molecule has 5 rings (SSSR count). The third kappa shape index (κ3) is 4.40. The molecule has 194 valence electrons. The third-order valence-corrected chi connectivity index (χ3v) is 8.25. The van der Waals surface area contributed by atoms with E-state index in [4.69, 9.17) is 27.9 Å². The summed E-state index contributed by atoms with van der Waals surface area (Å²) < 4.78 is 10.1. The lowest BCUT2D eigenvalue weighted by molar-refractivity contribution is 0.0906. The van der Waals surface area contributed by atoms with Crippen LogP contribution in [0.15, 0.2) is 24.3 Å². The van der Waals surface area contributed by atoms with E-state index >= 15 is 0 Å². The van der Waals surface area contributed by atoms with Gasteiger partial charge in [-0.15, -0.1) is 0 Å². The first-order valence-corrected chi connectivity index (χ1v) is 13.4. The van der Waals surface area contributed by atoms with E-state index in [0.29, 0.717) is 30.3 Å². The summed E-state index contributed by atoms with van der Waals surface area (Å²) in [7, 11) is 1.94. The van der Waals surface area contributed by atoms with Gasteiger partial charge in [0.25, 0.3) is 5.91 Å². The van der Waals surface area contributed by atoms with Crippen molar-refractivity contribution in [3.8, 4) is 16.9 Å². The van der Waals surface area contributed by atoms with Gasteiger partial charge in [-0.25, -0.2) is 0 Å². The number of nitrogens with one attached hydrogen (secondary N) is 1. The summed E-state index contributed by atoms with van der Waals surface area (Å²) in [6.45, 7) is 11.3. The van der Waals surface area contributed by atoms with Crippen molar-refractivity contribution in [1.29, 1.82) is 0 Å². The van der Waals surface area contributed by atoms with Gasteiger partial charge >= 0.3 is 0 Å². The van der Waals surface area contributed by atoms with Crippen LogP contribution in [0.3, 0.4) is 0 Å². The van der Waals surface area contributed by atoms with Crippen LogP contribution in [0.25, 0.3) is 22.0 Å². The van der Waals surface area contributed by atoms with Crippen LogP contribution in [0, 0.1) is 27.7 Å². The van der Waals surface area contributed by atoms with Crippen LogP contribution in [0.1, 0.15) is 51.9 Å². The zero-order valence-corrected chi connectivity index (χ0v) is 23.6. The first kappa shape index (κ1) is 25.7. The molecule has 0 aliphatic carbocycles. The lowest BCUT2D eigenvalue weighted by atomic mass is 9.98. The van der Waals surface area contributed by atoms with Gasteiger partial charge in [0, 0.05) is 46.9 Å². The van der Waals surface area contributed by atoms with E-state index in [1.807, 2.05) is 63.7 Å². The Morgan fingerprint density at radius 2 is 1.81 bits per heavy atom. The fourth-order valence-electron chi connectivity index (χ4n) is 5.60. The van der Waals surface area contributed by atoms with Crippen LogP contribution in [0.4, 0.5) is 0 Å². The molecule has 0 radical (unpaired) electrons. The minimum Gasteiger partial charge on any atom is -0.494 e. The van der Waals surface area contributed by atoms with Gasteiger partial charge in [-0.3, -0.25) is 9.48 Å². The van der Waals surface area contributed by atoms with E-state index in [1.54, 1.807) is 0 Å². The molecule has 3 heterocycles. The smallest absolute Gasteiger partial charge is 0.268 e. The van der Waals surface area contributed by atoms with Crippen molar-refractivity contribution in [2.24, 2.45) is 7.05 Å². The first-order valence-electron chi connectivity index (χ1n) is 12.6. The largest absolute Gasteiger partial charge is 0.494 e. The highest BCUT2D eigenvalue weighted by molar-refractivity contribution is 6.35. The normalized spacial score (nSPS) is 15.2. The van der Waals surface area contributed by atoms with Gasteiger partial charge in [0.05, 0.1) is 22.8 Å². The van der Waals surface area contributed by atoms with Crippen LogP contribution in [0.2, 0.25) is 10.0 Å². The molecule has 1 aliphatic rings. The number of carbonyl (C=O) groups is 1. The highest BCUT2D eigenvalue weighted by atomic mass is 35.5. The minimum atomic E-state index is -0.0449. The number of halogens is 2. The Hall–Kier alpha value is -2.96. The van der Waals surface area contributed by atoms with Crippen LogP contribution in [0.5, 0.6) is 5.75 Å². The monoisotopic (exact) mass is 538 g/mol. The van der Waals surface area contributed by atoms with E-state index in [1.165, 1.54) is 0 Å². The molecule has 1 amide bonds. The molecule has 2 aromatic heterocycles. The molecule has 4 aromatic rings. The van der Waals surface area contributed by atoms with Gasteiger partial charge in [0.1, 0.15) is 11.4 Å². The highest BCUT2D eigenvalue weighted by Crippen LogP contribution is 2.42. The van der Waals surface area contributed by atoms with Gasteiger partial charge in [0.2, 0.25) is 0 Å². The summed E-state index contributed by atoms with van der Waals surface area (Å²) in [4.78, 5) is 13.3. The molecule has 0 saturated carbocycles. The molecule has 0 spiro atoms. The van der Waals surface area contributed by atoms with Crippen molar-refractivity contribution < 1.29 is 9.53 Å². The molecule has 2 aromatic carbocycles. The van der Waals surface area contributed by atoms with Crippen molar-refractivity contribution in [2.45, 2.75) is 60.0 Å². The Morgan fingerprint density at radius 1 is 1.11 bits per heavy atom. The molecule has 0 saturated heterocycles. The minimum absolute atomic E-state index is 0.0195. The lowest BCUT2D eigenvalue weighted by Gasteiger charge is -2.24. The number of fused-ring (bicyclic) bond motifs is 3. The van der Waals surface area contributed by atoms with Crippen LogP contribution >= 0.6 is 23.2 Å². The van der Waals surface area contributed by atoms with Crippen molar-refractivity contribution in [3.05, 3.63) is 68.1 Å². The second kappa shape index (κ2) is 9.73. The maximum Gasteiger partial charge on any atom is 0.268 e. The average molecular weight is 540 g/mol. The predicted molar refractivity (Wildman–Crippen MR) is 150 cm³/mol. The summed E-state index contributed by atoms with van der Waals surface area (Å²) in [5.41, 5.74) is 8.68. The Balaban J connectivity index is 1.56. The fourth-order valence-corrected chi connectivity index (χ4v) is 5.96. The number of hydrogen-bond acceptors (Lipinski definition) is 3. The van der Waals surface area contributed by atoms with Crippen molar-refractivity contribution in [1.82, 2.24) is 19.7 Å². The van der Waals surface area contributed by atoms with Crippen LogP contribution < -0.4 is 10.1 Å². The number of aromatic nitrogens is 3. The molecule has 37 heavy (non-hydrogen) atoms. The Bertz CT molecular complexity index is 1530. The second-order valence-corrected chi connectivity index (χ2v) is 10.9. The maximum atomic E-state index is 13.3. The molecule has 1 aliphatic heterocycles. The van der Waals surface area contributed by atoms with Gasteiger partial charge in [-0.2, -0.15) is 5.10 Å². The molecule has 1 N–H and O–H groups in total. The number of carbonyl (C=O) groups excluding carboxylic acids is 1. The summed E-state index contributed by atoms with van der Waals surface area (Å²) in [5, 5.41) is 10.2. The van der Waals surface area contributed by atoms with Crippen molar-refractivity contribution in [3.63, 3.8) is 0 Å². The summed E-state index contributed by atoms with van der Waals surface area (Å²) in [6, 6.07) is 7.94. The fraction of sp³-hybridized carbons (Fsp3) is 0.379. The van der Waals surface area contributed by atoms with Gasteiger partial charge in [0.15, 0.2) is 0 Å². The number of benzene rings is 2. The molecular weight excluding hydrogens is 507 g/mol. The van der Waals surface area contributed by atoms with E-state index in [9.17, 15) is 4.79 Å². The number of aryl methyl sites for hydroxylation is 5. The van der Waals surface area contributed by atoms with Crippen LogP contribution in [-0.4, -0.2) is 32.9 Å². The standard InChI is InChI=1S/C29H32Cl2N4O2/c1-15-12-20(13-16(2)26(15)31)37-11-7-8-21-22-9-10-23(30)25(24-18(4)33-34(6)19(24)5)27(22)35-14-17(3)32-29(36)28(21)35/h9-10,12-13,17H,7-8,11,14H2,1-6H3,(H,32,36)/t17-/m0/s1. The van der Waals surface area contributed by atoms with Gasteiger partial charge in [-0.1, -0.05) is 29.3 Å². The molecule has 0 fully saturated rings. The van der Waals surface area contributed by atoms with E-state index in [0.717, 1.165) is 67.3 Å². The molecule has 8 heteroatoms. The number of amides is 1.